The Morgan fingerprint density at radius 3 is 2.80 bits per heavy atom. The van der Waals surface area contributed by atoms with E-state index in [2.05, 4.69) is 15.6 Å². The maximum Gasteiger partial charge on any atom is 0.191 e. The Balaban J connectivity index is 1.44. The lowest BCUT2D eigenvalue weighted by atomic mass is 9.46. The van der Waals surface area contributed by atoms with Crippen LogP contribution in [0, 0.1) is 23.0 Å². The van der Waals surface area contributed by atoms with Gasteiger partial charge in [0, 0.05) is 42.7 Å². The van der Waals surface area contributed by atoms with Gasteiger partial charge < -0.3 is 15.4 Å². The summed E-state index contributed by atoms with van der Waals surface area (Å²) in [5, 5.41) is 6.81. The molecule has 1 saturated heterocycles. The number of guanidine groups is 1. The first-order chi connectivity index (χ1) is 12.0. The zero-order valence-electron chi connectivity index (χ0n) is 14.7. The molecule has 1 aromatic rings. The number of nitrogens with one attached hydrogen (secondary N) is 2. The Bertz CT molecular complexity index is 689. The molecule has 4 rings (SSSR count). The molecule has 0 amide bonds. The SMILES string of the molecule is CN=C(NC(C)c1ccc(F)cc1F)NC1C2CCOC2C12CCC2. The third-order valence-electron chi connectivity index (χ3n) is 6.33. The number of halogens is 2. The monoisotopic (exact) mass is 349 g/mol. The molecule has 0 bridgehead atoms. The van der Waals surface area contributed by atoms with Crippen LogP contribution in [0.2, 0.25) is 0 Å². The molecule has 4 unspecified atom stereocenters. The van der Waals surface area contributed by atoms with E-state index in [0.29, 0.717) is 29.6 Å². The van der Waals surface area contributed by atoms with Crippen LogP contribution < -0.4 is 10.6 Å². The predicted molar refractivity (Wildman–Crippen MR) is 92.3 cm³/mol. The molecule has 136 valence electrons. The predicted octanol–water partition coefficient (Wildman–Crippen LogP) is 3.15. The first kappa shape index (κ1) is 16.8. The van der Waals surface area contributed by atoms with Crippen LogP contribution in [0.15, 0.2) is 23.2 Å². The molecule has 25 heavy (non-hydrogen) atoms. The standard InChI is InChI=1S/C19H25F2N3O/c1-11(13-5-4-12(20)10-15(13)21)23-18(22-2)24-16-14-6-9-25-17(14)19(16)7-3-8-19/h4-5,10-11,14,16-17H,3,6-9H2,1-2H3,(H2,22,23,24). The smallest absolute Gasteiger partial charge is 0.191 e. The van der Waals surface area contributed by atoms with Crippen LogP contribution in [0.4, 0.5) is 8.78 Å². The van der Waals surface area contributed by atoms with Crippen LogP contribution in [0.1, 0.15) is 44.2 Å². The van der Waals surface area contributed by atoms with Crippen molar-refractivity contribution in [2.24, 2.45) is 16.3 Å². The van der Waals surface area contributed by atoms with E-state index in [0.717, 1.165) is 19.1 Å². The normalized spacial score (nSPS) is 31.0. The van der Waals surface area contributed by atoms with Gasteiger partial charge in [-0.15, -0.1) is 0 Å². The molecule has 1 aliphatic heterocycles. The molecule has 0 aromatic heterocycles. The lowest BCUT2D eigenvalue weighted by molar-refractivity contribution is -0.171. The van der Waals surface area contributed by atoms with Crippen LogP contribution >= 0.6 is 0 Å². The second kappa shape index (κ2) is 6.24. The van der Waals surface area contributed by atoms with Gasteiger partial charge in [0.15, 0.2) is 5.96 Å². The summed E-state index contributed by atoms with van der Waals surface area (Å²) in [4.78, 5) is 4.32. The summed E-state index contributed by atoms with van der Waals surface area (Å²) in [6.45, 7) is 2.70. The number of rotatable bonds is 3. The average Bonchev–Trinajstić information content (AvgIpc) is 2.94. The highest BCUT2D eigenvalue weighted by Crippen LogP contribution is 2.62. The summed E-state index contributed by atoms with van der Waals surface area (Å²) >= 11 is 0. The number of nitrogens with zero attached hydrogens (tertiary/aromatic N) is 1. The summed E-state index contributed by atoms with van der Waals surface area (Å²) in [5.41, 5.74) is 0.682. The van der Waals surface area contributed by atoms with Crippen molar-refractivity contribution in [3.05, 3.63) is 35.4 Å². The van der Waals surface area contributed by atoms with Crippen molar-refractivity contribution in [1.82, 2.24) is 10.6 Å². The van der Waals surface area contributed by atoms with Crippen molar-refractivity contribution < 1.29 is 13.5 Å². The minimum atomic E-state index is -0.565. The van der Waals surface area contributed by atoms with E-state index in [1.165, 1.54) is 31.4 Å². The largest absolute Gasteiger partial charge is 0.377 e. The van der Waals surface area contributed by atoms with E-state index in [1.54, 1.807) is 7.05 Å². The van der Waals surface area contributed by atoms with E-state index < -0.39 is 11.6 Å². The highest BCUT2D eigenvalue weighted by Gasteiger charge is 2.66. The molecule has 2 aliphatic carbocycles. The third kappa shape index (κ3) is 2.62. The molecule has 2 N–H and O–H groups in total. The molecule has 4 atom stereocenters. The zero-order chi connectivity index (χ0) is 17.6. The van der Waals surface area contributed by atoms with E-state index in [-0.39, 0.29) is 11.5 Å². The second-order valence-corrected chi connectivity index (χ2v) is 7.56. The molecule has 1 heterocycles. The highest BCUT2D eigenvalue weighted by molar-refractivity contribution is 5.80. The molecular formula is C19H25F2N3O. The average molecular weight is 349 g/mol. The lowest BCUT2D eigenvalue weighted by Crippen LogP contribution is -2.72. The Hall–Kier alpha value is -1.69. The number of fused-ring (bicyclic) bond motifs is 2. The minimum Gasteiger partial charge on any atom is -0.377 e. The number of hydrogen-bond acceptors (Lipinski definition) is 2. The number of hydrogen-bond donors (Lipinski definition) is 2. The molecule has 3 fully saturated rings. The highest BCUT2D eigenvalue weighted by atomic mass is 19.1. The molecular weight excluding hydrogens is 324 g/mol. The maximum absolute atomic E-state index is 14.0. The first-order valence-corrected chi connectivity index (χ1v) is 9.11. The van der Waals surface area contributed by atoms with Crippen molar-refractivity contribution in [3.63, 3.8) is 0 Å². The van der Waals surface area contributed by atoms with Crippen LogP contribution in [0.5, 0.6) is 0 Å². The molecule has 0 radical (unpaired) electrons. The first-order valence-electron chi connectivity index (χ1n) is 9.11. The summed E-state index contributed by atoms with van der Waals surface area (Å²) < 4.78 is 33.1. The number of benzene rings is 1. The minimum absolute atomic E-state index is 0.253. The maximum atomic E-state index is 14.0. The summed E-state index contributed by atoms with van der Waals surface area (Å²) in [6.07, 6.45) is 5.14. The van der Waals surface area contributed by atoms with Crippen LogP contribution in [-0.4, -0.2) is 31.8 Å². The van der Waals surface area contributed by atoms with Gasteiger partial charge in [0.2, 0.25) is 0 Å². The van der Waals surface area contributed by atoms with Gasteiger partial charge in [-0.1, -0.05) is 12.5 Å². The van der Waals surface area contributed by atoms with Gasteiger partial charge in [-0.2, -0.15) is 0 Å². The Morgan fingerprint density at radius 1 is 1.36 bits per heavy atom. The fraction of sp³-hybridized carbons (Fsp3) is 0.632. The summed E-state index contributed by atoms with van der Waals surface area (Å²) in [6, 6.07) is 3.74. The Kier molecular flexibility index (Phi) is 4.18. The van der Waals surface area contributed by atoms with Crippen LogP contribution in [0.3, 0.4) is 0 Å². The van der Waals surface area contributed by atoms with Gasteiger partial charge in [0.1, 0.15) is 11.6 Å². The Labute approximate surface area is 147 Å². The molecule has 4 nitrogen and oxygen atoms in total. The fourth-order valence-electron chi connectivity index (χ4n) is 4.91. The van der Waals surface area contributed by atoms with E-state index >= 15 is 0 Å². The van der Waals surface area contributed by atoms with Gasteiger partial charge in [0.05, 0.1) is 12.1 Å². The molecule has 2 saturated carbocycles. The lowest BCUT2D eigenvalue weighted by Gasteiger charge is -2.63. The molecule has 1 aromatic carbocycles. The summed E-state index contributed by atoms with van der Waals surface area (Å²) in [7, 11) is 1.72. The van der Waals surface area contributed by atoms with Gasteiger partial charge in [0.25, 0.3) is 0 Å². The van der Waals surface area contributed by atoms with Gasteiger partial charge in [-0.25, -0.2) is 8.78 Å². The van der Waals surface area contributed by atoms with E-state index in [1.807, 2.05) is 6.92 Å². The van der Waals surface area contributed by atoms with Crippen LogP contribution in [0.25, 0.3) is 0 Å². The molecule has 3 aliphatic rings. The fourth-order valence-corrected chi connectivity index (χ4v) is 4.91. The molecule has 1 spiro atoms. The topological polar surface area (TPSA) is 45.7 Å². The Morgan fingerprint density at radius 2 is 2.16 bits per heavy atom. The van der Waals surface area contributed by atoms with Crippen molar-refractivity contribution in [2.75, 3.05) is 13.7 Å². The van der Waals surface area contributed by atoms with Crippen molar-refractivity contribution in [2.45, 2.75) is 50.8 Å². The van der Waals surface area contributed by atoms with E-state index in [9.17, 15) is 8.78 Å². The van der Waals surface area contributed by atoms with Gasteiger partial charge >= 0.3 is 0 Å². The molecule has 6 heteroatoms. The van der Waals surface area contributed by atoms with Crippen molar-refractivity contribution in [1.29, 1.82) is 0 Å². The van der Waals surface area contributed by atoms with Crippen molar-refractivity contribution >= 4 is 5.96 Å². The zero-order valence-corrected chi connectivity index (χ0v) is 14.7. The quantitative estimate of drug-likeness (QED) is 0.651. The van der Waals surface area contributed by atoms with Crippen LogP contribution in [-0.2, 0) is 4.74 Å². The van der Waals surface area contributed by atoms with Gasteiger partial charge in [-0.3, -0.25) is 4.99 Å². The van der Waals surface area contributed by atoms with Gasteiger partial charge in [-0.05, 0) is 32.3 Å². The second-order valence-electron chi connectivity index (χ2n) is 7.56. The van der Waals surface area contributed by atoms with E-state index in [4.69, 9.17) is 4.74 Å². The number of ether oxygens (including phenoxy) is 1. The number of aliphatic imine (C=N–C) groups is 1. The summed E-state index contributed by atoms with van der Waals surface area (Å²) in [5.74, 6) is 0.0954. The third-order valence-corrected chi connectivity index (χ3v) is 6.33. The van der Waals surface area contributed by atoms with Crippen molar-refractivity contribution in [3.8, 4) is 0 Å².